The lowest BCUT2D eigenvalue weighted by Crippen LogP contribution is -2.29. The summed E-state index contributed by atoms with van der Waals surface area (Å²) in [5, 5.41) is 0.363. The Hall–Kier alpha value is -2.25. The van der Waals surface area contributed by atoms with Crippen molar-refractivity contribution in [1.82, 2.24) is 0 Å². The summed E-state index contributed by atoms with van der Waals surface area (Å²) < 4.78 is 39.5. The Balaban J connectivity index is 2.25. The van der Waals surface area contributed by atoms with Gasteiger partial charge in [-0.1, -0.05) is 11.6 Å². The van der Waals surface area contributed by atoms with E-state index in [1.807, 2.05) is 26.8 Å². The number of aliphatic imine (C=N–C) groups is 1. The van der Waals surface area contributed by atoms with E-state index in [1.54, 1.807) is 19.1 Å². The van der Waals surface area contributed by atoms with Gasteiger partial charge in [0, 0.05) is 12.1 Å². The van der Waals surface area contributed by atoms with E-state index in [1.165, 1.54) is 24.5 Å². The lowest BCUT2D eigenvalue weighted by atomic mass is 10.0. The van der Waals surface area contributed by atoms with E-state index >= 15 is 0 Å². The van der Waals surface area contributed by atoms with Gasteiger partial charge in [-0.25, -0.2) is 13.4 Å². The number of sulfonamides is 1. The molecule has 0 unspecified atom stereocenters. The topological polar surface area (TPSA) is 68.2 Å². The van der Waals surface area contributed by atoms with Crippen LogP contribution in [0.25, 0.3) is 0 Å². The monoisotopic (exact) mass is 436 g/mol. The number of anilines is 1. The summed E-state index contributed by atoms with van der Waals surface area (Å²) >= 11 is 6.12. The second kappa shape index (κ2) is 7.88. The number of aryl methyl sites for hydroxylation is 2. The van der Waals surface area contributed by atoms with E-state index in [-0.39, 0.29) is 10.9 Å². The van der Waals surface area contributed by atoms with E-state index in [9.17, 15) is 8.42 Å². The largest absolute Gasteiger partial charge is 0.494 e. The molecule has 0 spiro atoms. The summed E-state index contributed by atoms with van der Waals surface area (Å²) in [6.07, 6.45) is 0. The molecule has 1 aliphatic rings. The molecule has 8 heteroatoms. The molecule has 3 rings (SSSR count). The van der Waals surface area contributed by atoms with Crippen LogP contribution in [0, 0.1) is 20.8 Å². The van der Waals surface area contributed by atoms with Gasteiger partial charge >= 0.3 is 0 Å². The molecule has 0 bridgehead atoms. The SMILES string of the molecule is COc1c(C)c(C)cc(C2=N[C@@H](C)CO2)c1N(C)S(=O)(=O)c1cc(C)cc(Cl)c1. The maximum Gasteiger partial charge on any atom is 0.264 e. The van der Waals surface area contributed by atoms with Gasteiger partial charge in [0.2, 0.25) is 5.90 Å². The van der Waals surface area contributed by atoms with Crippen molar-refractivity contribution in [2.75, 3.05) is 25.1 Å². The molecule has 1 heterocycles. The normalized spacial score (nSPS) is 16.4. The minimum Gasteiger partial charge on any atom is -0.494 e. The highest BCUT2D eigenvalue weighted by atomic mass is 35.5. The highest BCUT2D eigenvalue weighted by Crippen LogP contribution is 2.40. The molecule has 6 nitrogen and oxygen atoms in total. The number of hydrogen-bond donors (Lipinski definition) is 0. The average molecular weight is 437 g/mol. The maximum atomic E-state index is 13.5. The summed E-state index contributed by atoms with van der Waals surface area (Å²) in [4.78, 5) is 4.64. The summed E-state index contributed by atoms with van der Waals surface area (Å²) in [6, 6.07) is 6.64. The van der Waals surface area contributed by atoms with Gasteiger partial charge in [0.05, 0.1) is 23.6 Å². The lowest BCUT2D eigenvalue weighted by Gasteiger charge is -2.26. The smallest absolute Gasteiger partial charge is 0.264 e. The molecule has 0 amide bonds. The van der Waals surface area contributed by atoms with Crippen LogP contribution < -0.4 is 9.04 Å². The lowest BCUT2D eigenvalue weighted by molar-refractivity contribution is 0.324. The van der Waals surface area contributed by atoms with Crippen LogP contribution in [0.3, 0.4) is 0 Å². The molecular weight excluding hydrogens is 412 g/mol. The van der Waals surface area contributed by atoms with Gasteiger partial charge < -0.3 is 9.47 Å². The highest BCUT2D eigenvalue weighted by molar-refractivity contribution is 7.92. The fourth-order valence-electron chi connectivity index (χ4n) is 3.35. The Morgan fingerprint density at radius 2 is 1.90 bits per heavy atom. The third-order valence-corrected chi connectivity index (χ3v) is 6.94. The number of halogens is 1. The molecule has 0 aromatic heterocycles. The molecule has 29 heavy (non-hydrogen) atoms. The van der Waals surface area contributed by atoms with E-state index < -0.39 is 10.0 Å². The van der Waals surface area contributed by atoms with Crippen LogP contribution in [0.15, 0.2) is 34.2 Å². The number of methoxy groups -OCH3 is 1. The Labute approximate surface area is 177 Å². The molecule has 0 fully saturated rings. The third-order valence-electron chi connectivity index (χ3n) is 4.99. The molecule has 0 saturated heterocycles. The molecule has 0 radical (unpaired) electrons. The molecule has 2 aromatic carbocycles. The molecule has 0 aliphatic carbocycles. The van der Waals surface area contributed by atoms with E-state index in [0.29, 0.717) is 34.5 Å². The van der Waals surface area contributed by atoms with Crippen molar-refractivity contribution in [3.05, 3.63) is 51.5 Å². The third kappa shape index (κ3) is 3.94. The van der Waals surface area contributed by atoms with Crippen molar-refractivity contribution in [1.29, 1.82) is 0 Å². The standard InChI is InChI=1S/C21H25ClN2O4S/c1-12-7-16(22)10-17(8-12)29(25,26)24(5)19-18(21-23-14(3)11-28-21)9-13(2)15(4)20(19)27-6/h7-10,14H,11H2,1-6H3/t14-/m0/s1. The quantitative estimate of drug-likeness (QED) is 0.702. The molecule has 1 aliphatic heterocycles. The van der Waals surface area contributed by atoms with Gasteiger partial charge in [-0.3, -0.25) is 4.31 Å². The number of ether oxygens (including phenoxy) is 2. The number of benzene rings is 2. The number of nitrogens with zero attached hydrogens (tertiary/aromatic N) is 2. The Morgan fingerprint density at radius 1 is 1.21 bits per heavy atom. The van der Waals surface area contributed by atoms with Gasteiger partial charge in [-0.05, 0) is 68.7 Å². The summed E-state index contributed by atoms with van der Waals surface area (Å²) in [7, 11) is -0.879. The molecule has 0 saturated carbocycles. The second-order valence-corrected chi connectivity index (χ2v) is 9.68. The van der Waals surface area contributed by atoms with Crippen LogP contribution in [-0.2, 0) is 14.8 Å². The van der Waals surface area contributed by atoms with Crippen molar-refractivity contribution >= 4 is 33.2 Å². The number of hydrogen-bond acceptors (Lipinski definition) is 5. The van der Waals surface area contributed by atoms with Gasteiger partial charge in [-0.15, -0.1) is 0 Å². The summed E-state index contributed by atoms with van der Waals surface area (Å²) in [6.45, 7) is 8.04. The zero-order chi connectivity index (χ0) is 21.5. The first-order valence-corrected chi connectivity index (χ1v) is 11.0. The molecule has 0 N–H and O–H groups in total. The minimum absolute atomic E-state index is 0.00273. The predicted molar refractivity (Wildman–Crippen MR) is 116 cm³/mol. The van der Waals surface area contributed by atoms with Crippen molar-refractivity contribution in [3.63, 3.8) is 0 Å². The zero-order valence-corrected chi connectivity index (χ0v) is 19.0. The van der Waals surface area contributed by atoms with Crippen LogP contribution in [0.1, 0.15) is 29.2 Å². The Kier molecular flexibility index (Phi) is 5.83. The summed E-state index contributed by atoms with van der Waals surface area (Å²) in [5.74, 6) is 0.883. The second-order valence-electron chi connectivity index (χ2n) is 7.28. The number of rotatable bonds is 5. The van der Waals surface area contributed by atoms with Crippen LogP contribution in [0.4, 0.5) is 5.69 Å². The van der Waals surface area contributed by atoms with Gasteiger partial charge in [0.1, 0.15) is 18.0 Å². The van der Waals surface area contributed by atoms with Crippen LogP contribution in [0.2, 0.25) is 5.02 Å². The van der Waals surface area contributed by atoms with Crippen molar-refractivity contribution in [2.45, 2.75) is 38.6 Å². The Morgan fingerprint density at radius 3 is 2.45 bits per heavy atom. The highest BCUT2D eigenvalue weighted by Gasteiger charge is 2.31. The van der Waals surface area contributed by atoms with Crippen molar-refractivity contribution < 1.29 is 17.9 Å². The van der Waals surface area contributed by atoms with Crippen LogP contribution in [0.5, 0.6) is 5.75 Å². The predicted octanol–water partition coefficient (Wildman–Crippen LogP) is 4.26. The van der Waals surface area contributed by atoms with E-state index in [4.69, 9.17) is 21.1 Å². The molecule has 2 aromatic rings. The van der Waals surface area contributed by atoms with Crippen LogP contribution >= 0.6 is 11.6 Å². The minimum atomic E-state index is -3.91. The Bertz CT molecular complexity index is 1080. The molecule has 156 valence electrons. The zero-order valence-electron chi connectivity index (χ0n) is 17.4. The average Bonchev–Trinajstić information content (AvgIpc) is 3.08. The van der Waals surface area contributed by atoms with Gasteiger partial charge in [0.15, 0.2) is 0 Å². The first-order valence-electron chi connectivity index (χ1n) is 9.21. The van der Waals surface area contributed by atoms with Gasteiger partial charge in [-0.2, -0.15) is 0 Å². The fourth-order valence-corrected chi connectivity index (χ4v) is 5.05. The van der Waals surface area contributed by atoms with Crippen LogP contribution in [-0.4, -0.2) is 41.1 Å². The first kappa shape index (κ1) is 21.5. The van der Waals surface area contributed by atoms with E-state index in [2.05, 4.69) is 4.99 Å². The molecule has 1 atom stereocenters. The van der Waals surface area contributed by atoms with Crippen molar-refractivity contribution in [3.8, 4) is 5.75 Å². The maximum absolute atomic E-state index is 13.5. The molecular formula is C21H25ClN2O4S. The fraction of sp³-hybridized carbons (Fsp3) is 0.381. The van der Waals surface area contributed by atoms with Gasteiger partial charge in [0.25, 0.3) is 10.0 Å². The van der Waals surface area contributed by atoms with Crippen molar-refractivity contribution in [2.24, 2.45) is 4.99 Å². The summed E-state index contributed by atoms with van der Waals surface area (Å²) in [5.41, 5.74) is 3.53. The van der Waals surface area contributed by atoms with E-state index in [0.717, 1.165) is 16.7 Å². The first-order chi connectivity index (χ1) is 13.6.